The number of carbonyl (C=O) groups is 4. The molecule has 158 valence electrons. The van der Waals surface area contributed by atoms with Gasteiger partial charge in [-0.25, -0.2) is 22.5 Å². The SMILES string of the molecule is CCN1C(=O)NC(=O)C(C(=O)C[C@H](N[S@@](=O)C(C)C)c2ccc(F)c(F)c2)C1=O. The summed E-state index contributed by atoms with van der Waals surface area (Å²) in [5.41, 5.74) is 0.123. The maximum absolute atomic E-state index is 13.7. The summed E-state index contributed by atoms with van der Waals surface area (Å²) in [6.07, 6.45) is -0.501. The minimum Gasteiger partial charge on any atom is -0.298 e. The first-order chi connectivity index (χ1) is 13.6. The van der Waals surface area contributed by atoms with Crippen LogP contribution in [0.5, 0.6) is 0 Å². The summed E-state index contributed by atoms with van der Waals surface area (Å²) < 4.78 is 41.8. The summed E-state index contributed by atoms with van der Waals surface area (Å²) in [4.78, 5) is 49.6. The predicted molar refractivity (Wildman–Crippen MR) is 99.6 cm³/mol. The Balaban J connectivity index is 2.31. The maximum atomic E-state index is 13.7. The number of hydrogen-bond acceptors (Lipinski definition) is 5. The molecule has 11 heteroatoms. The Kier molecular flexibility index (Phi) is 7.31. The molecule has 0 spiro atoms. The van der Waals surface area contributed by atoms with Crippen molar-refractivity contribution in [3.05, 3.63) is 35.4 Å². The first-order valence-electron chi connectivity index (χ1n) is 8.87. The molecule has 1 fully saturated rings. The molecular weight excluding hydrogens is 408 g/mol. The van der Waals surface area contributed by atoms with E-state index in [4.69, 9.17) is 0 Å². The molecule has 1 aliphatic heterocycles. The first kappa shape index (κ1) is 22.8. The number of hydrogen-bond donors (Lipinski definition) is 2. The topological polar surface area (TPSA) is 113 Å². The van der Waals surface area contributed by atoms with Crippen molar-refractivity contribution in [1.29, 1.82) is 0 Å². The third kappa shape index (κ3) is 5.10. The summed E-state index contributed by atoms with van der Waals surface area (Å²) >= 11 is 0. The molecule has 0 aliphatic carbocycles. The number of ketones is 1. The van der Waals surface area contributed by atoms with E-state index in [2.05, 4.69) is 4.72 Å². The van der Waals surface area contributed by atoms with E-state index in [-0.39, 0.29) is 17.4 Å². The zero-order valence-corrected chi connectivity index (χ0v) is 16.8. The fourth-order valence-electron chi connectivity index (χ4n) is 2.75. The van der Waals surface area contributed by atoms with Crippen LogP contribution in [0.4, 0.5) is 13.6 Å². The van der Waals surface area contributed by atoms with E-state index < -0.39 is 64.6 Å². The summed E-state index contributed by atoms with van der Waals surface area (Å²) in [6.45, 7) is 4.77. The highest BCUT2D eigenvalue weighted by Gasteiger charge is 2.44. The van der Waals surface area contributed by atoms with Gasteiger partial charge >= 0.3 is 6.03 Å². The van der Waals surface area contributed by atoms with Crippen LogP contribution in [0.1, 0.15) is 38.8 Å². The van der Waals surface area contributed by atoms with Gasteiger partial charge in [0.1, 0.15) is 0 Å². The van der Waals surface area contributed by atoms with Gasteiger partial charge in [-0.15, -0.1) is 0 Å². The van der Waals surface area contributed by atoms with Crippen LogP contribution in [0.15, 0.2) is 18.2 Å². The molecule has 0 saturated carbocycles. The van der Waals surface area contributed by atoms with Gasteiger partial charge < -0.3 is 0 Å². The second-order valence-electron chi connectivity index (χ2n) is 6.67. The monoisotopic (exact) mass is 429 g/mol. The zero-order valence-electron chi connectivity index (χ0n) is 16.0. The largest absolute Gasteiger partial charge is 0.330 e. The minimum atomic E-state index is -1.75. The lowest BCUT2D eigenvalue weighted by Crippen LogP contribution is -2.59. The van der Waals surface area contributed by atoms with Crippen LogP contribution in [0.3, 0.4) is 0 Å². The number of halogens is 2. The number of Topliss-reactive ketones (excluding diaryl/α,β-unsaturated/α-hetero) is 1. The van der Waals surface area contributed by atoms with Gasteiger partial charge in [0.05, 0.1) is 17.0 Å². The van der Waals surface area contributed by atoms with E-state index >= 15 is 0 Å². The number of urea groups is 1. The normalized spacial score (nSPS) is 19.3. The van der Waals surface area contributed by atoms with Crippen LogP contribution in [-0.2, 0) is 25.4 Å². The Bertz CT molecular complexity index is 877. The lowest BCUT2D eigenvalue weighted by atomic mass is 9.92. The van der Waals surface area contributed by atoms with Gasteiger partial charge in [0.25, 0.3) is 5.91 Å². The van der Waals surface area contributed by atoms with Crippen molar-refractivity contribution < 1.29 is 32.2 Å². The van der Waals surface area contributed by atoms with Gasteiger partial charge in [0.15, 0.2) is 23.3 Å². The maximum Gasteiger partial charge on any atom is 0.330 e. The van der Waals surface area contributed by atoms with E-state index in [9.17, 15) is 32.2 Å². The number of imide groups is 2. The van der Waals surface area contributed by atoms with Gasteiger partial charge in [-0.2, -0.15) is 0 Å². The highest BCUT2D eigenvalue weighted by atomic mass is 32.2. The molecule has 1 unspecified atom stereocenters. The molecule has 1 aromatic carbocycles. The zero-order chi connectivity index (χ0) is 21.9. The fourth-order valence-corrected chi connectivity index (χ4v) is 3.52. The van der Waals surface area contributed by atoms with Crippen molar-refractivity contribution in [2.45, 2.75) is 38.5 Å². The third-order valence-corrected chi connectivity index (χ3v) is 5.70. The van der Waals surface area contributed by atoms with Crippen molar-refractivity contribution in [1.82, 2.24) is 14.9 Å². The lowest BCUT2D eigenvalue weighted by Gasteiger charge is -2.29. The van der Waals surface area contributed by atoms with Gasteiger partial charge in [0.2, 0.25) is 5.91 Å². The third-order valence-electron chi connectivity index (χ3n) is 4.33. The molecule has 0 aromatic heterocycles. The van der Waals surface area contributed by atoms with E-state index in [1.807, 2.05) is 5.32 Å². The van der Waals surface area contributed by atoms with Gasteiger partial charge in [-0.05, 0) is 38.5 Å². The Hall–Kier alpha value is -2.53. The fraction of sp³-hybridized carbons (Fsp3) is 0.444. The molecule has 2 rings (SSSR count). The Labute approximate surface area is 168 Å². The van der Waals surface area contributed by atoms with Crippen molar-refractivity contribution >= 4 is 34.6 Å². The number of amides is 4. The Morgan fingerprint density at radius 1 is 1.24 bits per heavy atom. The van der Waals surface area contributed by atoms with E-state index in [1.54, 1.807) is 13.8 Å². The van der Waals surface area contributed by atoms with Crippen molar-refractivity contribution in [3.63, 3.8) is 0 Å². The molecule has 1 heterocycles. The number of carbonyl (C=O) groups excluding carboxylic acids is 4. The van der Waals surface area contributed by atoms with E-state index in [0.29, 0.717) is 0 Å². The standard InChI is InChI=1S/C18H21F2N3O5S/c1-4-23-17(26)15(16(25)21-18(23)27)14(24)8-13(22-29(28)9(2)3)10-5-6-11(19)12(20)7-10/h5-7,9,13,15,22H,4,8H2,1-3H3,(H,21,25,27)/t13-,15?,29-/m0/s1. The lowest BCUT2D eigenvalue weighted by molar-refractivity contribution is -0.147. The molecule has 29 heavy (non-hydrogen) atoms. The van der Waals surface area contributed by atoms with Crippen LogP contribution < -0.4 is 10.0 Å². The Morgan fingerprint density at radius 2 is 1.90 bits per heavy atom. The molecule has 4 amide bonds. The van der Waals surface area contributed by atoms with Crippen LogP contribution in [0, 0.1) is 17.6 Å². The van der Waals surface area contributed by atoms with Crippen molar-refractivity contribution in [2.75, 3.05) is 6.54 Å². The van der Waals surface area contributed by atoms with Crippen LogP contribution in [-0.4, -0.2) is 44.5 Å². The molecule has 1 aromatic rings. The van der Waals surface area contributed by atoms with Gasteiger partial charge in [-0.3, -0.25) is 24.6 Å². The van der Waals surface area contributed by atoms with Crippen molar-refractivity contribution in [3.8, 4) is 0 Å². The van der Waals surface area contributed by atoms with Crippen molar-refractivity contribution in [2.24, 2.45) is 5.92 Å². The summed E-state index contributed by atoms with van der Waals surface area (Å²) in [6, 6.07) is 0.961. The second-order valence-corrected chi connectivity index (χ2v) is 8.44. The van der Waals surface area contributed by atoms with E-state index in [0.717, 1.165) is 17.0 Å². The van der Waals surface area contributed by atoms with Gasteiger partial charge in [0, 0.05) is 18.2 Å². The van der Waals surface area contributed by atoms with Gasteiger partial charge in [-0.1, -0.05) is 6.07 Å². The minimum absolute atomic E-state index is 0.0378. The average molecular weight is 429 g/mol. The molecule has 8 nitrogen and oxygen atoms in total. The number of rotatable bonds is 8. The second kappa shape index (κ2) is 9.31. The number of barbiturate groups is 1. The molecular formula is C18H21F2N3O5S. The molecule has 0 bridgehead atoms. The Morgan fingerprint density at radius 3 is 2.45 bits per heavy atom. The summed E-state index contributed by atoms with van der Waals surface area (Å²) in [5, 5.41) is 1.59. The number of nitrogens with zero attached hydrogens (tertiary/aromatic N) is 1. The highest BCUT2D eigenvalue weighted by Crippen LogP contribution is 2.24. The molecule has 0 radical (unpaired) electrons. The summed E-state index contributed by atoms with van der Waals surface area (Å²) in [5.74, 6) is -6.87. The quantitative estimate of drug-likeness (QED) is 0.606. The molecule has 1 saturated heterocycles. The molecule has 3 atom stereocenters. The van der Waals surface area contributed by atoms with Crippen LogP contribution >= 0.6 is 0 Å². The van der Waals surface area contributed by atoms with Crippen LogP contribution in [0.2, 0.25) is 0 Å². The first-order valence-corrected chi connectivity index (χ1v) is 10.1. The average Bonchev–Trinajstić information content (AvgIpc) is 2.63. The van der Waals surface area contributed by atoms with Crippen LogP contribution in [0.25, 0.3) is 0 Å². The number of nitrogens with one attached hydrogen (secondary N) is 2. The van der Waals surface area contributed by atoms with E-state index in [1.165, 1.54) is 13.0 Å². The number of benzene rings is 1. The highest BCUT2D eigenvalue weighted by molar-refractivity contribution is 7.83. The molecule has 1 aliphatic rings. The summed E-state index contributed by atoms with van der Waals surface area (Å²) in [7, 11) is -1.64. The smallest absolute Gasteiger partial charge is 0.298 e. The molecule has 2 N–H and O–H groups in total. The predicted octanol–water partition coefficient (Wildman–Crippen LogP) is 1.34.